The second-order valence-electron chi connectivity index (χ2n) is 3.98. The first-order chi connectivity index (χ1) is 8.80. The van der Waals surface area contributed by atoms with E-state index in [1.807, 2.05) is 38.1 Å². The van der Waals surface area contributed by atoms with E-state index >= 15 is 0 Å². The second kappa shape index (κ2) is 8.78. The Morgan fingerprint density at radius 3 is 2.22 bits per heavy atom. The van der Waals surface area contributed by atoms with Crippen molar-refractivity contribution in [2.24, 2.45) is 0 Å². The minimum Gasteiger partial charge on any atom is -0.494 e. The molecular weight excluding hydrogens is 230 g/mol. The van der Waals surface area contributed by atoms with Crippen LogP contribution >= 0.6 is 0 Å². The molecule has 0 spiro atoms. The fourth-order valence-corrected chi connectivity index (χ4v) is 1.66. The summed E-state index contributed by atoms with van der Waals surface area (Å²) in [6, 6.07) is 7.69. The largest absolute Gasteiger partial charge is 0.494 e. The third kappa shape index (κ3) is 5.38. The molecule has 0 aromatic heterocycles. The van der Waals surface area contributed by atoms with Crippen LogP contribution in [0.15, 0.2) is 24.3 Å². The number of ether oxygens (including phenoxy) is 2. The van der Waals surface area contributed by atoms with Crippen molar-refractivity contribution in [2.75, 3.05) is 26.4 Å². The number of aliphatic hydroxyl groups excluding tert-OH is 1. The van der Waals surface area contributed by atoms with E-state index in [0.29, 0.717) is 13.2 Å². The van der Waals surface area contributed by atoms with E-state index in [0.717, 1.165) is 24.5 Å². The average molecular weight is 253 g/mol. The van der Waals surface area contributed by atoms with Gasteiger partial charge in [0.05, 0.1) is 19.8 Å². The Morgan fingerprint density at radius 2 is 1.72 bits per heavy atom. The highest BCUT2D eigenvalue weighted by Crippen LogP contribution is 2.17. The Balaban J connectivity index is 2.30. The summed E-state index contributed by atoms with van der Waals surface area (Å²) < 4.78 is 11.0. The van der Waals surface area contributed by atoms with Gasteiger partial charge in [-0.3, -0.25) is 0 Å². The summed E-state index contributed by atoms with van der Waals surface area (Å²) in [5.74, 6) is 1.68. The monoisotopic (exact) mass is 253 g/mol. The standard InChI is InChI=1S/C14H23NO3/c1-3-15-12(11-16)9-10-18-14-7-5-13(6-8-14)17-4-2/h5-8,12,15-16H,3-4,9-11H2,1-2H3. The van der Waals surface area contributed by atoms with E-state index in [-0.39, 0.29) is 12.6 Å². The fraction of sp³-hybridized carbons (Fsp3) is 0.571. The lowest BCUT2D eigenvalue weighted by Crippen LogP contribution is -2.33. The molecule has 0 saturated heterocycles. The number of nitrogens with one attached hydrogen (secondary N) is 1. The summed E-state index contributed by atoms with van der Waals surface area (Å²) in [6.07, 6.45) is 0.789. The molecule has 1 atom stereocenters. The van der Waals surface area contributed by atoms with Crippen LogP contribution in [0.5, 0.6) is 11.5 Å². The highest BCUT2D eigenvalue weighted by atomic mass is 16.5. The van der Waals surface area contributed by atoms with E-state index < -0.39 is 0 Å². The SMILES string of the molecule is CCNC(CO)CCOc1ccc(OCC)cc1. The summed E-state index contributed by atoms with van der Waals surface area (Å²) in [4.78, 5) is 0. The lowest BCUT2D eigenvalue weighted by atomic mass is 10.2. The first-order valence-corrected chi connectivity index (χ1v) is 6.50. The van der Waals surface area contributed by atoms with Gasteiger partial charge in [-0.15, -0.1) is 0 Å². The van der Waals surface area contributed by atoms with Crippen LogP contribution in [0.2, 0.25) is 0 Å². The van der Waals surface area contributed by atoms with Gasteiger partial charge in [0.15, 0.2) is 0 Å². The lowest BCUT2D eigenvalue weighted by Gasteiger charge is -2.15. The van der Waals surface area contributed by atoms with Crippen molar-refractivity contribution in [1.82, 2.24) is 5.32 Å². The summed E-state index contributed by atoms with van der Waals surface area (Å²) in [5.41, 5.74) is 0. The van der Waals surface area contributed by atoms with E-state index in [1.165, 1.54) is 0 Å². The topological polar surface area (TPSA) is 50.7 Å². The van der Waals surface area contributed by atoms with Gasteiger partial charge < -0.3 is 19.9 Å². The number of hydrogen-bond donors (Lipinski definition) is 2. The van der Waals surface area contributed by atoms with Gasteiger partial charge in [0, 0.05) is 6.04 Å². The number of aliphatic hydroxyl groups is 1. The van der Waals surface area contributed by atoms with Crippen LogP contribution in [0.3, 0.4) is 0 Å². The van der Waals surface area contributed by atoms with Crippen LogP contribution in [-0.2, 0) is 0 Å². The first kappa shape index (κ1) is 14.8. The molecule has 0 amide bonds. The van der Waals surface area contributed by atoms with Crippen LogP contribution in [0, 0.1) is 0 Å². The molecule has 0 fully saturated rings. The highest BCUT2D eigenvalue weighted by molar-refractivity contribution is 5.31. The molecule has 0 bridgehead atoms. The van der Waals surface area contributed by atoms with Crippen molar-refractivity contribution in [3.05, 3.63) is 24.3 Å². The van der Waals surface area contributed by atoms with Crippen LogP contribution in [-0.4, -0.2) is 37.5 Å². The molecule has 102 valence electrons. The maximum absolute atomic E-state index is 9.12. The molecule has 1 rings (SSSR count). The van der Waals surface area contributed by atoms with Gasteiger partial charge in [-0.25, -0.2) is 0 Å². The fourth-order valence-electron chi connectivity index (χ4n) is 1.66. The molecule has 0 aliphatic heterocycles. The van der Waals surface area contributed by atoms with Gasteiger partial charge in [-0.2, -0.15) is 0 Å². The molecule has 1 unspecified atom stereocenters. The number of rotatable bonds is 9. The molecule has 1 aromatic carbocycles. The van der Waals surface area contributed by atoms with E-state index in [9.17, 15) is 0 Å². The molecule has 0 heterocycles. The Kier molecular flexibility index (Phi) is 7.22. The summed E-state index contributed by atoms with van der Waals surface area (Å²) in [6.45, 7) is 6.23. The molecule has 0 aliphatic rings. The molecule has 4 nitrogen and oxygen atoms in total. The van der Waals surface area contributed by atoms with Crippen molar-refractivity contribution in [2.45, 2.75) is 26.3 Å². The van der Waals surface area contributed by atoms with Crippen LogP contribution < -0.4 is 14.8 Å². The summed E-state index contributed by atoms with van der Waals surface area (Å²) in [5, 5.41) is 12.3. The zero-order valence-corrected chi connectivity index (χ0v) is 11.2. The van der Waals surface area contributed by atoms with Gasteiger partial charge in [0.25, 0.3) is 0 Å². The highest BCUT2D eigenvalue weighted by Gasteiger charge is 2.05. The van der Waals surface area contributed by atoms with E-state index in [4.69, 9.17) is 14.6 Å². The predicted octanol–water partition coefficient (Wildman–Crippen LogP) is 1.82. The Bertz CT molecular complexity index is 313. The molecule has 4 heteroatoms. The molecule has 0 aliphatic carbocycles. The predicted molar refractivity (Wildman–Crippen MR) is 72.3 cm³/mol. The van der Waals surface area contributed by atoms with Crippen molar-refractivity contribution in [3.8, 4) is 11.5 Å². The van der Waals surface area contributed by atoms with Gasteiger partial charge in [0.2, 0.25) is 0 Å². The third-order valence-corrected chi connectivity index (χ3v) is 2.58. The molecule has 1 aromatic rings. The number of hydrogen-bond acceptors (Lipinski definition) is 4. The Labute approximate surface area is 109 Å². The molecule has 0 radical (unpaired) electrons. The first-order valence-electron chi connectivity index (χ1n) is 6.50. The van der Waals surface area contributed by atoms with Crippen LogP contribution in [0.4, 0.5) is 0 Å². The van der Waals surface area contributed by atoms with Gasteiger partial charge in [-0.05, 0) is 44.2 Å². The zero-order chi connectivity index (χ0) is 13.2. The summed E-state index contributed by atoms with van der Waals surface area (Å²) >= 11 is 0. The molecule has 2 N–H and O–H groups in total. The maximum atomic E-state index is 9.12. The quantitative estimate of drug-likeness (QED) is 0.705. The Hall–Kier alpha value is -1.26. The van der Waals surface area contributed by atoms with Gasteiger partial charge in [-0.1, -0.05) is 6.92 Å². The van der Waals surface area contributed by atoms with Crippen molar-refractivity contribution < 1.29 is 14.6 Å². The minimum absolute atomic E-state index is 0.109. The molecule has 18 heavy (non-hydrogen) atoms. The second-order valence-corrected chi connectivity index (χ2v) is 3.98. The van der Waals surface area contributed by atoms with Crippen molar-refractivity contribution >= 4 is 0 Å². The average Bonchev–Trinajstić information content (AvgIpc) is 2.40. The molecular formula is C14H23NO3. The molecule has 0 saturated carbocycles. The summed E-state index contributed by atoms with van der Waals surface area (Å²) in [7, 11) is 0. The minimum atomic E-state index is 0.109. The smallest absolute Gasteiger partial charge is 0.119 e. The van der Waals surface area contributed by atoms with Crippen LogP contribution in [0.1, 0.15) is 20.3 Å². The van der Waals surface area contributed by atoms with Crippen LogP contribution in [0.25, 0.3) is 0 Å². The Morgan fingerprint density at radius 1 is 1.11 bits per heavy atom. The van der Waals surface area contributed by atoms with Gasteiger partial charge in [0.1, 0.15) is 11.5 Å². The number of likely N-dealkylation sites (N-methyl/N-ethyl adjacent to an activating group) is 1. The third-order valence-electron chi connectivity index (χ3n) is 2.58. The van der Waals surface area contributed by atoms with Crippen molar-refractivity contribution in [3.63, 3.8) is 0 Å². The normalized spacial score (nSPS) is 12.2. The van der Waals surface area contributed by atoms with Gasteiger partial charge >= 0.3 is 0 Å². The number of benzene rings is 1. The van der Waals surface area contributed by atoms with E-state index in [1.54, 1.807) is 0 Å². The lowest BCUT2D eigenvalue weighted by molar-refractivity contribution is 0.210. The van der Waals surface area contributed by atoms with E-state index in [2.05, 4.69) is 5.32 Å². The van der Waals surface area contributed by atoms with Crippen molar-refractivity contribution in [1.29, 1.82) is 0 Å². The zero-order valence-electron chi connectivity index (χ0n) is 11.2. The maximum Gasteiger partial charge on any atom is 0.119 e.